The highest BCUT2D eigenvalue weighted by Gasteiger charge is 2.45. The highest BCUT2D eigenvalue weighted by Crippen LogP contribution is 2.37. The normalized spacial score (nSPS) is 28.9. The Morgan fingerprint density at radius 1 is 1.30 bits per heavy atom. The Morgan fingerprint density at radius 3 is 2.65 bits per heavy atom. The zero-order valence-corrected chi connectivity index (χ0v) is 12.2. The van der Waals surface area contributed by atoms with Gasteiger partial charge in [0.15, 0.2) is 0 Å². The minimum atomic E-state index is -3.51. The number of oxime groups is 1. The van der Waals surface area contributed by atoms with E-state index >= 15 is 0 Å². The lowest BCUT2D eigenvalue weighted by Crippen LogP contribution is -2.40. The molecule has 5 nitrogen and oxygen atoms in total. The van der Waals surface area contributed by atoms with Gasteiger partial charge in [-0.05, 0) is 44.2 Å². The molecule has 2 fully saturated rings. The molecule has 1 saturated carbocycles. The maximum atomic E-state index is 12.7. The van der Waals surface area contributed by atoms with Gasteiger partial charge in [0.05, 0.1) is 16.6 Å². The van der Waals surface area contributed by atoms with Crippen molar-refractivity contribution in [2.45, 2.75) is 37.1 Å². The number of nitrogens with zero attached hydrogens (tertiary/aromatic N) is 2. The van der Waals surface area contributed by atoms with Gasteiger partial charge in [0.1, 0.15) is 0 Å². The molecule has 2 atom stereocenters. The summed E-state index contributed by atoms with van der Waals surface area (Å²) >= 11 is 0. The van der Waals surface area contributed by atoms with Crippen LogP contribution in [0.4, 0.5) is 0 Å². The van der Waals surface area contributed by atoms with Crippen LogP contribution in [0.1, 0.15) is 24.8 Å². The summed E-state index contributed by atoms with van der Waals surface area (Å²) in [4.78, 5) is 0.313. The third kappa shape index (κ3) is 2.13. The van der Waals surface area contributed by atoms with Crippen molar-refractivity contribution in [3.63, 3.8) is 0 Å². The number of benzene rings is 1. The lowest BCUT2D eigenvalue weighted by atomic mass is 9.89. The van der Waals surface area contributed by atoms with Gasteiger partial charge < -0.3 is 5.21 Å². The number of hydrogen-bond acceptors (Lipinski definition) is 4. The second-order valence-corrected chi connectivity index (χ2v) is 7.53. The zero-order chi connectivity index (χ0) is 14.3. The van der Waals surface area contributed by atoms with Crippen LogP contribution in [0, 0.1) is 12.8 Å². The molecule has 1 N–H and O–H groups in total. The molecule has 2 aliphatic rings. The third-order valence-corrected chi connectivity index (χ3v) is 6.18. The van der Waals surface area contributed by atoms with Crippen LogP contribution in [-0.4, -0.2) is 36.2 Å². The average molecular weight is 294 g/mol. The van der Waals surface area contributed by atoms with E-state index in [1.54, 1.807) is 24.3 Å². The standard InChI is InChI=1S/C14H18N2O3S/c1-10-2-5-12(6-3-10)20(18,19)16-9-11-4-7-13(15-17)14(16)8-11/h2-3,5-6,11,14,17H,4,7-9H2,1H3. The van der Waals surface area contributed by atoms with Crippen molar-refractivity contribution >= 4 is 15.7 Å². The van der Waals surface area contributed by atoms with Gasteiger partial charge in [-0.1, -0.05) is 22.9 Å². The highest BCUT2D eigenvalue weighted by molar-refractivity contribution is 7.89. The minimum absolute atomic E-state index is 0.273. The quantitative estimate of drug-likeness (QED) is 0.670. The van der Waals surface area contributed by atoms with Crippen LogP contribution in [0.3, 0.4) is 0 Å². The van der Waals surface area contributed by atoms with E-state index < -0.39 is 10.0 Å². The van der Waals surface area contributed by atoms with Crippen molar-refractivity contribution in [3.05, 3.63) is 29.8 Å². The molecule has 0 amide bonds. The van der Waals surface area contributed by atoms with E-state index in [1.807, 2.05) is 6.92 Å². The molecule has 108 valence electrons. The monoisotopic (exact) mass is 294 g/mol. The fraction of sp³-hybridized carbons (Fsp3) is 0.500. The smallest absolute Gasteiger partial charge is 0.243 e. The molecular formula is C14H18N2O3S. The Balaban J connectivity index is 1.97. The molecule has 1 aliphatic carbocycles. The summed E-state index contributed by atoms with van der Waals surface area (Å²) in [6.07, 6.45) is 2.35. The molecule has 1 saturated heterocycles. The summed E-state index contributed by atoms with van der Waals surface area (Å²) in [5.74, 6) is 0.380. The van der Waals surface area contributed by atoms with E-state index in [-0.39, 0.29) is 6.04 Å². The van der Waals surface area contributed by atoms with Crippen molar-refractivity contribution in [1.82, 2.24) is 4.31 Å². The molecule has 1 aromatic carbocycles. The van der Waals surface area contributed by atoms with E-state index in [9.17, 15) is 8.42 Å². The first kappa shape index (κ1) is 13.6. The average Bonchev–Trinajstić information content (AvgIpc) is 2.78. The molecule has 2 unspecified atom stereocenters. The molecule has 3 rings (SSSR count). The Morgan fingerprint density at radius 2 is 2.00 bits per heavy atom. The largest absolute Gasteiger partial charge is 0.411 e. The van der Waals surface area contributed by atoms with Gasteiger partial charge in [-0.2, -0.15) is 4.31 Å². The first-order chi connectivity index (χ1) is 9.52. The van der Waals surface area contributed by atoms with Crippen LogP contribution < -0.4 is 0 Å². The van der Waals surface area contributed by atoms with Gasteiger partial charge >= 0.3 is 0 Å². The molecule has 2 bridgehead atoms. The van der Waals surface area contributed by atoms with Crippen molar-refractivity contribution < 1.29 is 13.6 Å². The molecule has 0 aromatic heterocycles. The zero-order valence-electron chi connectivity index (χ0n) is 11.4. The van der Waals surface area contributed by atoms with E-state index in [0.29, 0.717) is 29.5 Å². The molecule has 20 heavy (non-hydrogen) atoms. The Labute approximate surface area is 119 Å². The predicted molar refractivity (Wildman–Crippen MR) is 75.4 cm³/mol. The molecule has 0 radical (unpaired) electrons. The number of hydrogen-bond donors (Lipinski definition) is 1. The molecule has 1 aromatic rings. The van der Waals surface area contributed by atoms with E-state index in [4.69, 9.17) is 5.21 Å². The SMILES string of the molecule is Cc1ccc(S(=O)(=O)N2CC3CCC(=NO)C2C3)cc1. The summed E-state index contributed by atoms with van der Waals surface area (Å²) in [5.41, 5.74) is 1.62. The van der Waals surface area contributed by atoms with Gasteiger partial charge in [-0.15, -0.1) is 0 Å². The first-order valence-corrected chi connectivity index (χ1v) is 8.25. The second kappa shape index (κ2) is 4.86. The van der Waals surface area contributed by atoms with Crippen LogP contribution in [-0.2, 0) is 10.0 Å². The van der Waals surface area contributed by atoms with Crippen molar-refractivity contribution in [2.24, 2.45) is 11.1 Å². The van der Waals surface area contributed by atoms with Crippen molar-refractivity contribution in [3.8, 4) is 0 Å². The molecule has 1 heterocycles. The van der Waals surface area contributed by atoms with Gasteiger partial charge in [0, 0.05) is 6.54 Å². The van der Waals surface area contributed by atoms with Crippen LogP contribution in [0.2, 0.25) is 0 Å². The van der Waals surface area contributed by atoms with Crippen LogP contribution in [0.5, 0.6) is 0 Å². The fourth-order valence-corrected chi connectivity index (χ4v) is 4.85. The molecular weight excluding hydrogens is 276 g/mol. The van der Waals surface area contributed by atoms with Crippen molar-refractivity contribution in [1.29, 1.82) is 0 Å². The van der Waals surface area contributed by atoms with Gasteiger partial charge in [-0.3, -0.25) is 0 Å². The van der Waals surface area contributed by atoms with Gasteiger partial charge in [0.2, 0.25) is 10.0 Å². The number of sulfonamides is 1. The summed E-state index contributed by atoms with van der Waals surface area (Å²) in [5, 5.41) is 12.4. The predicted octanol–water partition coefficient (Wildman–Crippen LogP) is 2.00. The lowest BCUT2D eigenvalue weighted by molar-refractivity contribution is 0.309. The van der Waals surface area contributed by atoms with Crippen LogP contribution >= 0.6 is 0 Å². The van der Waals surface area contributed by atoms with Crippen LogP contribution in [0.15, 0.2) is 34.3 Å². The lowest BCUT2D eigenvalue weighted by Gasteiger charge is -2.24. The first-order valence-electron chi connectivity index (χ1n) is 6.81. The Hall–Kier alpha value is -1.40. The third-order valence-electron chi connectivity index (χ3n) is 4.29. The number of rotatable bonds is 2. The van der Waals surface area contributed by atoms with Gasteiger partial charge in [0.25, 0.3) is 0 Å². The summed E-state index contributed by atoms with van der Waals surface area (Å²) in [7, 11) is -3.51. The van der Waals surface area contributed by atoms with Gasteiger partial charge in [-0.25, -0.2) is 8.42 Å². The maximum absolute atomic E-state index is 12.7. The van der Waals surface area contributed by atoms with Crippen LogP contribution in [0.25, 0.3) is 0 Å². The minimum Gasteiger partial charge on any atom is -0.411 e. The van der Waals surface area contributed by atoms with E-state index in [2.05, 4.69) is 5.16 Å². The summed E-state index contributed by atoms with van der Waals surface area (Å²) < 4.78 is 27.0. The summed E-state index contributed by atoms with van der Waals surface area (Å²) in [6, 6.07) is 6.61. The Bertz CT molecular complexity index is 637. The second-order valence-electron chi connectivity index (χ2n) is 5.64. The van der Waals surface area contributed by atoms with E-state index in [0.717, 1.165) is 18.4 Å². The fourth-order valence-electron chi connectivity index (χ4n) is 3.15. The number of aryl methyl sites for hydroxylation is 1. The Kier molecular flexibility index (Phi) is 3.30. The topological polar surface area (TPSA) is 70.0 Å². The summed E-state index contributed by atoms with van der Waals surface area (Å²) in [6.45, 7) is 2.45. The molecule has 0 spiro atoms. The maximum Gasteiger partial charge on any atom is 0.243 e. The highest BCUT2D eigenvalue weighted by atomic mass is 32.2. The number of fused-ring (bicyclic) bond motifs is 2. The molecule has 1 aliphatic heterocycles. The van der Waals surface area contributed by atoms with Crippen molar-refractivity contribution in [2.75, 3.05) is 6.54 Å². The molecule has 6 heteroatoms. The van der Waals surface area contributed by atoms with E-state index in [1.165, 1.54) is 4.31 Å².